The number of hydrogen-bond acceptors (Lipinski definition) is 3. The Kier molecular flexibility index (Phi) is 5.67. The zero-order valence-corrected chi connectivity index (χ0v) is 16.4. The molecule has 6 nitrogen and oxygen atoms in total. The molecule has 146 valence electrons. The number of carbonyl (C=O) groups excluding carboxylic acids is 1. The van der Waals surface area contributed by atoms with Crippen LogP contribution in [0.3, 0.4) is 0 Å². The molecule has 1 saturated heterocycles. The van der Waals surface area contributed by atoms with Gasteiger partial charge >= 0.3 is 0 Å². The number of nitrogens with one attached hydrogen (secondary N) is 1. The van der Waals surface area contributed by atoms with E-state index in [4.69, 9.17) is 0 Å². The average Bonchev–Trinajstić information content (AvgIpc) is 2.83. The van der Waals surface area contributed by atoms with Crippen LogP contribution in [0.5, 0.6) is 0 Å². The van der Waals surface area contributed by atoms with Gasteiger partial charge in [0.25, 0.3) is 5.91 Å². The molecule has 0 spiro atoms. The van der Waals surface area contributed by atoms with Gasteiger partial charge in [0.05, 0.1) is 0 Å². The number of aromatic nitrogens is 1. The minimum absolute atomic E-state index is 0.104. The largest absolute Gasteiger partial charge is 0.345 e. The van der Waals surface area contributed by atoms with Crippen LogP contribution in [0.1, 0.15) is 41.7 Å². The predicted octanol–water partition coefficient (Wildman–Crippen LogP) is 3.29. The van der Waals surface area contributed by atoms with Gasteiger partial charge in [-0.3, -0.25) is 4.79 Å². The summed E-state index contributed by atoms with van der Waals surface area (Å²) in [7, 11) is -2.02. The highest BCUT2D eigenvalue weighted by Crippen LogP contribution is 2.23. The molecule has 2 aromatic rings. The summed E-state index contributed by atoms with van der Waals surface area (Å²) in [6.45, 7) is 2.64. The Morgan fingerprint density at radius 2 is 1.78 bits per heavy atom. The van der Waals surface area contributed by atoms with E-state index in [9.17, 15) is 17.6 Å². The fourth-order valence-electron chi connectivity index (χ4n) is 3.20. The Balaban J connectivity index is 1.82. The molecular formula is C19H24FN3O3S. The van der Waals surface area contributed by atoms with E-state index in [-0.39, 0.29) is 10.6 Å². The molecule has 1 aromatic heterocycles. The van der Waals surface area contributed by atoms with Crippen molar-refractivity contribution < 1.29 is 17.6 Å². The predicted molar refractivity (Wildman–Crippen MR) is 102 cm³/mol. The van der Waals surface area contributed by atoms with E-state index in [1.54, 1.807) is 26.1 Å². The average molecular weight is 393 g/mol. The smallest absolute Gasteiger partial charge is 0.272 e. The number of benzene rings is 1. The molecule has 0 aliphatic carbocycles. The lowest BCUT2D eigenvalue weighted by Crippen LogP contribution is -2.31. The summed E-state index contributed by atoms with van der Waals surface area (Å²) >= 11 is 0. The van der Waals surface area contributed by atoms with Crippen molar-refractivity contribution in [1.29, 1.82) is 0 Å². The van der Waals surface area contributed by atoms with Crippen LogP contribution >= 0.6 is 0 Å². The fourth-order valence-corrected chi connectivity index (χ4v) is 4.79. The van der Waals surface area contributed by atoms with Gasteiger partial charge < -0.3 is 9.88 Å². The van der Waals surface area contributed by atoms with Gasteiger partial charge in [0.15, 0.2) is 0 Å². The van der Waals surface area contributed by atoms with Crippen molar-refractivity contribution in [2.45, 2.75) is 37.5 Å². The number of nitrogens with zero attached hydrogens (tertiary/aromatic N) is 2. The van der Waals surface area contributed by atoms with Gasteiger partial charge in [-0.2, -0.15) is 4.31 Å². The van der Waals surface area contributed by atoms with Crippen molar-refractivity contribution in [3.63, 3.8) is 0 Å². The maximum atomic E-state index is 13.7. The van der Waals surface area contributed by atoms with Crippen LogP contribution in [0.4, 0.5) is 10.1 Å². The molecule has 1 aromatic carbocycles. The topological polar surface area (TPSA) is 71.4 Å². The van der Waals surface area contributed by atoms with Crippen molar-refractivity contribution >= 4 is 21.6 Å². The summed E-state index contributed by atoms with van der Waals surface area (Å²) in [5.41, 5.74) is 1.00. The van der Waals surface area contributed by atoms with E-state index in [0.29, 0.717) is 24.3 Å². The van der Waals surface area contributed by atoms with E-state index in [0.717, 1.165) is 25.7 Å². The lowest BCUT2D eigenvalue weighted by atomic mass is 10.2. The van der Waals surface area contributed by atoms with Crippen LogP contribution in [0.15, 0.2) is 35.4 Å². The second kappa shape index (κ2) is 7.82. The summed E-state index contributed by atoms with van der Waals surface area (Å²) in [5, 5.41) is 2.61. The first-order chi connectivity index (χ1) is 12.8. The normalized spacial score (nSPS) is 16.1. The fraction of sp³-hybridized carbons (Fsp3) is 0.421. The molecule has 2 heterocycles. The number of sulfonamides is 1. The maximum Gasteiger partial charge on any atom is 0.272 e. The van der Waals surface area contributed by atoms with Gasteiger partial charge in [0.1, 0.15) is 16.4 Å². The minimum atomic E-state index is -3.63. The van der Waals surface area contributed by atoms with Crippen molar-refractivity contribution in [1.82, 2.24) is 8.87 Å². The molecule has 0 saturated carbocycles. The van der Waals surface area contributed by atoms with Crippen molar-refractivity contribution in [3.8, 4) is 0 Å². The summed E-state index contributed by atoms with van der Waals surface area (Å²) in [6.07, 6.45) is 5.20. The number of aryl methyl sites for hydroxylation is 2. The highest BCUT2D eigenvalue weighted by molar-refractivity contribution is 7.89. The van der Waals surface area contributed by atoms with Gasteiger partial charge in [-0.05, 0) is 43.5 Å². The highest BCUT2D eigenvalue weighted by atomic mass is 32.2. The SMILES string of the molecule is Cc1ccc(NC(=O)c2cc(S(=O)(=O)N3CCCCCC3)cn2C)cc1F. The molecule has 0 radical (unpaired) electrons. The number of hydrogen-bond donors (Lipinski definition) is 1. The number of carbonyl (C=O) groups is 1. The van der Waals surface area contributed by atoms with Crippen LogP contribution in [-0.4, -0.2) is 36.3 Å². The first-order valence-electron chi connectivity index (χ1n) is 9.03. The lowest BCUT2D eigenvalue weighted by molar-refractivity contribution is 0.101. The monoisotopic (exact) mass is 393 g/mol. The molecule has 1 aliphatic heterocycles. The Morgan fingerprint density at radius 3 is 2.41 bits per heavy atom. The number of amides is 1. The molecule has 1 aliphatic rings. The number of anilines is 1. The summed E-state index contributed by atoms with van der Waals surface area (Å²) in [4.78, 5) is 12.6. The summed E-state index contributed by atoms with van der Waals surface area (Å²) < 4.78 is 42.4. The van der Waals surface area contributed by atoms with Crippen molar-refractivity contribution in [2.75, 3.05) is 18.4 Å². The molecular weight excluding hydrogens is 369 g/mol. The van der Waals surface area contributed by atoms with Crippen LogP contribution in [0, 0.1) is 12.7 Å². The second-order valence-electron chi connectivity index (χ2n) is 6.91. The van der Waals surface area contributed by atoms with E-state index in [1.165, 1.54) is 27.2 Å². The summed E-state index contributed by atoms with van der Waals surface area (Å²) in [5.74, 6) is -0.901. The molecule has 0 bridgehead atoms. The highest BCUT2D eigenvalue weighted by Gasteiger charge is 2.28. The van der Waals surface area contributed by atoms with Gasteiger partial charge in [-0.1, -0.05) is 18.9 Å². The Morgan fingerprint density at radius 1 is 1.11 bits per heavy atom. The molecule has 0 unspecified atom stereocenters. The van der Waals surface area contributed by atoms with Crippen molar-refractivity contribution in [3.05, 3.63) is 47.5 Å². The number of rotatable bonds is 4. The van der Waals surface area contributed by atoms with Crippen LogP contribution < -0.4 is 5.32 Å². The second-order valence-corrected chi connectivity index (χ2v) is 8.85. The first kappa shape index (κ1) is 19.6. The molecule has 1 amide bonds. The van der Waals surface area contributed by atoms with Gasteiger partial charge in [0, 0.05) is 32.0 Å². The quantitative estimate of drug-likeness (QED) is 0.866. The zero-order chi connectivity index (χ0) is 19.6. The summed E-state index contributed by atoms with van der Waals surface area (Å²) in [6, 6.07) is 5.80. The Hall–Kier alpha value is -2.19. The standard InChI is InChI=1S/C19H24FN3O3S/c1-14-7-8-15(11-17(14)20)21-19(24)18-12-16(13-22(18)2)27(25,26)23-9-5-3-4-6-10-23/h7-8,11-13H,3-6,9-10H2,1-2H3,(H,21,24). The lowest BCUT2D eigenvalue weighted by Gasteiger charge is -2.18. The first-order valence-corrected chi connectivity index (χ1v) is 10.5. The van der Waals surface area contributed by atoms with Gasteiger partial charge in [-0.15, -0.1) is 0 Å². The Labute approximate surface area is 159 Å². The number of halogens is 1. The van der Waals surface area contributed by atoms with Crippen LogP contribution in [-0.2, 0) is 17.1 Å². The third kappa shape index (κ3) is 4.22. The van der Waals surface area contributed by atoms with Gasteiger partial charge in [-0.25, -0.2) is 12.8 Å². The molecule has 0 atom stereocenters. The molecule has 27 heavy (non-hydrogen) atoms. The molecule has 8 heteroatoms. The molecule has 1 fully saturated rings. The molecule has 3 rings (SSSR count). The minimum Gasteiger partial charge on any atom is -0.345 e. The zero-order valence-electron chi connectivity index (χ0n) is 15.5. The van der Waals surface area contributed by atoms with E-state index in [2.05, 4.69) is 5.32 Å². The van der Waals surface area contributed by atoms with E-state index < -0.39 is 21.7 Å². The van der Waals surface area contributed by atoms with Crippen LogP contribution in [0.25, 0.3) is 0 Å². The molecule has 1 N–H and O–H groups in total. The van der Waals surface area contributed by atoms with E-state index in [1.807, 2.05) is 0 Å². The van der Waals surface area contributed by atoms with Crippen molar-refractivity contribution in [2.24, 2.45) is 7.05 Å². The van der Waals surface area contributed by atoms with Crippen LogP contribution in [0.2, 0.25) is 0 Å². The van der Waals surface area contributed by atoms with Gasteiger partial charge in [0.2, 0.25) is 10.0 Å². The third-order valence-electron chi connectivity index (χ3n) is 4.85. The Bertz CT molecular complexity index is 945. The maximum absolute atomic E-state index is 13.7. The third-order valence-corrected chi connectivity index (χ3v) is 6.71. The van der Waals surface area contributed by atoms with E-state index >= 15 is 0 Å².